The highest BCUT2D eigenvalue weighted by molar-refractivity contribution is 7.85. The molecule has 0 aromatic heterocycles. The molecule has 5 atom stereocenters. The molecule has 1 fully saturated rings. The molecule has 1 aliphatic heterocycles. The predicted molar refractivity (Wildman–Crippen MR) is 68.5 cm³/mol. The molecule has 5 unspecified atom stereocenters. The molecule has 1 rings (SSSR count). The fourth-order valence-electron chi connectivity index (χ4n) is 1.70. The smallest absolute Gasteiger partial charge is 0.267 e. The van der Waals surface area contributed by atoms with Crippen LogP contribution in [0.3, 0.4) is 0 Å². The Morgan fingerprint density at radius 1 is 1.25 bits per heavy atom. The molecule has 1 aliphatic rings. The summed E-state index contributed by atoms with van der Waals surface area (Å²) in [6.07, 6.45) is -5.71. The van der Waals surface area contributed by atoms with Gasteiger partial charge in [0.2, 0.25) is 0 Å². The zero-order valence-electron chi connectivity index (χ0n) is 11.2. The van der Waals surface area contributed by atoms with Crippen LogP contribution in [0.25, 0.3) is 0 Å². The number of aliphatic hydroxyl groups is 3. The van der Waals surface area contributed by atoms with Crippen molar-refractivity contribution >= 4 is 10.1 Å². The summed E-state index contributed by atoms with van der Waals surface area (Å²) in [6.45, 7) is 3.67. The maximum Gasteiger partial charge on any atom is 0.267 e. The van der Waals surface area contributed by atoms with Crippen LogP contribution in [0.5, 0.6) is 0 Å². The fraction of sp³-hybridized carbons (Fsp3) is 0.818. The van der Waals surface area contributed by atoms with Gasteiger partial charge in [-0.2, -0.15) is 8.42 Å². The number of ether oxygens (including phenoxy) is 2. The Kier molecular flexibility index (Phi) is 6.07. The first-order chi connectivity index (χ1) is 9.15. The van der Waals surface area contributed by atoms with Crippen LogP contribution in [0.1, 0.15) is 13.8 Å². The summed E-state index contributed by atoms with van der Waals surface area (Å²) < 4.78 is 40.7. The van der Waals surface area contributed by atoms with E-state index in [0.717, 1.165) is 5.57 Å². The summed E-state index contributed by atoms with van der Waals surface area (Å²) in [5, 5.41) is 29.0. The van der Waals surface area contributed by atoms with E-state index in [2.05, 4.69) is 0 Å². The van der Waals surface area contributed by atoms with E-state index in [1.54, 1.807) is 19.9 Å². The van der Waals surface area contributed by atoms with Crippen molar-refractivity contribution in [2.24, 2.45) is 0 Å². The first-order valence-corrected chi connectivity index (χ1v) is 7.65. The van der Waals surface area contributed by atoms with Crippen molar-refractivity contribution in [2.45, 2.75) is 44.6 Å². The number of rotatable bonds is 5. The van der Waals surface area contributed by atoms with E-state index in [4.69, 9.17) is 14.0 Å². The topological polar surface area (TPSA) is 134 Å². The third-order valence-corrected chi connectivity index (χ3v) is 3.76. The summed E-state index contributed by atoms with van der Waals surface area (Å²) in [5.41, 5.74) is 0.841. The Hall–Kier alpha value is -0.550. The SMILES string of the molecule is CC=C(C)COC1OC(CS(=O)(=O)O)C(O)C(O)C1O. The highest BCUT2D eigenvalue weighted by Gasteiger charge is 2.45. The van der Waals surface area contributed by atoms with Crippen LogP contribution >= 0.6 is 0 Å². The highest BCUT2D eigenvalue weighted by atomic mass is 32.2. The predicted octanol–water partition coefficient (Wildman–Crippen LogP) is -1.34. The molecule has 0 spiro atoms. The molecule has 0 saturated carbocycles. The van der Waals surface area contributed by atoms with Gasteiger partial charge in [0.25, 0.3) is 10.1 Å². The molecule has 0 bridgehead atoms. The molecule has 0 radical (unpaired) electrons. The van der Waals surface area contributed by atoms with Crippen LogP contribution in [0.15, 0.2) is 11.6 Å². The molecule has 0 aromatic carbocycles. The lowest BCUT2D eigenvalue weighted by molar-refractivity contribution is -0.290. The van der Waals surface area contributed by atoms with Crippen LogP contribution in [-0.4, -0.2) is 71.4 Å². The third kappa shape index (κ3) is 4.77. The summed E-state index contributed by atoms with van der Waals surface area (Å²) in [7, 11) is -4.40. The number of aliphatic hydroxyl groups excluding tert-OH is 3. The lowest BCUT2D eigenvalue weighted by atomic mass is 10.00. The standard InChI is InChI=1S/C11H20O8S/c1-3-6(2)4-18-11-10(14)9(13)8(12)7(19-11)5-20(15,16)17/h3,7-14H,4-5H2,1-2H3,(H,15,16,17). The van der Waals surface area contributed by atoms with Gasteiger partial charge in [0.15, 0.2) is 6.29 Å². The molecule has 20 heavy (non-hydrogen) atoms. The molecule has 4 N–H and O–H groups in total. The fourth-order valence-corrected chi connectivity index (χ4v) is 2.39. The third-order valence-electron chi connectivity index (χ3n) is 3.01. The highest BCUT2D eigenvalue weighted by Crippen LogP contribution is 2.23. The first kappa shape index (κ1) is 17.5. The molecule has 8 nitrogen and oxygen atoms in total. The van der Waals surface area contributed by atoms with Crippen molar-refractivity contribution in [1.29, 1.82) is 0 Å². The second-order valence-corrected chi connectivity index (χ2v) is 6.21. The van der Waals surface area contributed by atoms with E-state index in [0.29, 0.717) is 0 Å². The maximum absolute atomic E-state index is 10.8. The lowest BCUT2D eigenvalue weighted by Gasteiger charge is -2.39. The van der Waals surface area contributed by atoms with Gasteiger partial charge in [0, 0.05) is 0 Å². The average molecular weight is 312 g/mol. The lowest BCUT2D eigenvalue weighted by Crippen LogP contribution is -2.59. The van der Waals surface area contributed by atoms with Gasteiger partial charge >= 0.3 is 0 Å². The number of hydrogen-bond donors (Lipinski definition) is 4. The molecular formula is C11H20O8S. The van der Waals surface area contributed by atoms with Gasteiger partial charge in [-0.15, -0.1) is 0 Å². The Labute approximate surface area is 117 Å². The van der Waals surface area contributed by atoms with Crippen molar-refractivity contribution in [3.8, 4) is 0 Å². The van der Waals surface area contributed by atoms with Gasteiger partial charge < -0.3 is 24.8 Å². The molecule has 118 valence electrons. The van der Waals surface area contributed by atoms with E-state index in [1.807, 2.05) is 0 Å². The van der Waals surface area contributed by atoms with Gasteiger partial charge in [-0.3, -0.25) is 4.55 Å². The summed E-state index contributed by atoms with van der Waals surface area (Å²) in [5.74, 6) is -0.902. The average Bonchev–Trinajstić information content (AvgIpc) is 2.36. The van der Waals surface area contributed by atoms with Crippen molar-refractivity contribution < 1.29 is 37.8 Å². The zero-order chi connectivity index (χ0) is 15.5. The van der Waals surface area contributed by atoms with E-state index in [-0.39, 0.29) is 6.61 Å². The van der Waals surface area contributed by atoms with Crippen LogP contribution < -0.4 is 0 Å². The Bertz CT molecular complexity index is 445. The van der Waals surface area contributed by atoms with E-state index < -0.39 is 46.6 Å². The zero-order valence-corrected chi connectivity index (χ0v) is 12.0. The minimum atomic E-state index is -4.40. The Morgan fingerprint density at radius 2 is 1.85 bits per heavy atom. The maximum atomic E-state index is 10.8. The molecule has 0 aliphatic carbocycles. The summed E-state index contributed by atoms with van der Waals surface area (Å²) >= 11 is 0. The van der Waals surface area contributed by atoms with Gasteiger partial charge in [-0.1, -0.05) is 11.6 Å². The molecule has 0 aromatic rings. The van der Waals surface area contributed by atoms with Gasteiger partial charge in [-0.25, -0.2) is 0 Å². The molecule has 1 saturated heterocycles. The molecule has 9 heteroatoms. The largest absolute Gasteiger partial charge is 0.388 e. The monoisotopic (exact) mass is 312 g/mol. The normalized spacial score (nSPS) is 36.1. The Morgan fingerprint density at radius 3 is 2.35 bits per heavy atom. The minimum absolute atomic E-state index is 0.111. The molecular weight excluding hydrogens is 292 g/mol. The second kappa shape index (κ2) is 6.94. The van der Waals surface area contributed by atoms with Crippen LogP contribution in [0, 0.1) is 0 Å². The van der Waals surface area contributed by atoms with Crippen molar-refractivity contribution in [3.63, 3.8) is 0 Å². The summed E-state index contributed by atoms with van der Waals surface area (Å²) in [4.78, 5) is 0. The van der Waals surface area contributed by atoms with Crippen LogP contribution in [-0.2, 0) is 19.6 Å². The van der Waals surface area contributed by atoms with Crippen molar-refractivity contribution in [1.82, 2.24) is 0 Å². The number of allylic oxidation sites excluding steroid dienone is 1. The number of hydrogen-bond acceptors (Lipinski definition) is 7. The quantitative estimate of drug-likeness (QED) is 0.362. The van der Waals surface area contributed by atoms with Gasteiger partial charge in [0.1, 0.15) is 30.2 Å². The van der Waals surface area contributed by atoms with E-state index >= 15 is 0 Å². The van der Waals surface area contributed by atoms with Gasteiger partial charge in [0.05, 0.1) is 6.61 Å². The summed E-state index contributed by atoms with van der Waals surface area (Å²) in [6, 6.07) is 0. The van der Waals surface area contributed by atoms with E-state index in [1.165, 1.54) is 0 Å². The Balaban J connectivity index is 2.75. The molecule has 1 heterocycles. The van der Waals surface area contributed by atoms with Crippen molar-refractivity contribution in [3.05, 3.63) is 11.6 Å². The first-order valence-electron chi connectivity index (χ1n) is 6.04. The van der Waals surface area contributed by atoms with Crippen molar-refractivity contribution in [2.75, 3.05) is 12.4 Å². The molecule has 0 amide bonds. The minimum Gasteiger partial charge on any atom is -0.388 e. The van der Waals surface area contributed by atoms with Crippen LogP contribution in [0.2, 0.25) is 0 Å². The van der Waals surface area contributed by atoms with Gasteiger partial charge in [-0.05, 0) is 13.8 Å². The second-order valence-electron chi connectivity index (χ2n) is 4.71. The van der Waals surface area contributed by atoms with E-state index in [9.17, 15) is 23.7 Å². The van der Waals surface area contributed by atoms with Crippen LogP contribution in [0.4, 0.5) is 0 Å².